The van der Waals surface area contributed by atoms with E-state index in [1.807, 2.05) is 0 Å². The molecule has 1 heterocycles. The smallest absolute Gasteiger partial charge is 0.0700 e. The minimum absolute atomic E-state index is 0.711. The lowest BCUT2D eigenvalue weighted by Gasteiger charge is -2.22. The third-order valence-electron chi connectivity index (χ3n) is 2.50. The van der Waals surface area contributed by atoms with Crippen LogP contribution in [-0.2, 0) is 9.47 Å². The summed E-state index contributed by atoms with van der Waals surface area (Å²) in [5.41, 5.74) is 0. The lowest BCUT2D eigenvalue weighted by atomic mass is 9.97. The molecule has 0 aromatic rings. The van der Waals surface area contributed by atoms with Crippen LogP contribution in [0.15, 0.2) is 0 Å². The zero-order valence-electron chi connectivity index (χ0n) is 8.55. The molecule has 1 rings (SSSR count). The van der Waals surface area contributed by atoms with Gasteiger partial charge in [-0.05, 0) is 38.3 Å². The van der Waals surface area contributed by atoms with Crippen molar-refractivity contribution in [3.63, 3.8) is 0 Å². The molecule has 3 heteroatoms. The summed E-state index contributed by atoms with van der Waals surface area (Å²) in [6.45, 7) is 4.70. The molecule has 3 nitrogen and oxygen atoms in total. The number of hydrogen-bond acceptors (Lipinski definition) is 3. The van der Waals surface area contributed by atoms with Gasteiger partial charge in [0.25, 0.3) is 0 Å². The largest absolute Gasteiger partial charge is 0.382 e. The fraction of sp³-hybridized carbons (Fsp3) is 1.00. The van der Waals surface area contributed by atoms with Crippen LogP contribution in [0.25, 0.3) is 0 Å². The Morgan fingerprint density at radius 3 is 2.92 bits per heavy atom. The lowest BCUT2D eigenvalue weighted by molar-refractivity contribution is 0.0621. The highest BCUT2D eigenvalue weighted by Gasteiger charge is 2.11. The summed E-state index contributed by atoms with van der Waals surface area (Å²) >= 11 is 0. The van der Waals surface area contributed by atoms with Crippen molar-refractivity contribution in [2.24, 2.45) is 5.92 Å². The van der Waals surface area contributed by atoms with E-state index in [1.165, 1.54) is 32.4 Å². The van der Waals surface area contributed by atoms with Gasteiger partial charge >= 0.3 is 0 Å². The van der Waals surface area contributed by atoms with Crippen LogP contribution < -0.4 is 5.32 Å². The number of nitrogens with one attached hydrogen (secondary N) is 1. The summed E-state index contributed by atoms with van der Waals surface area (Å²) in [5, 5.41) is 3.41. The Balaban J connectivity index is 1.86. The maximum absolute atomic E-state index is 5.42. The summed E-state index contributed by atoms with van der Waals surface area (Å²) in [6, 6.07) is 0. The summed E-state index contributed by atoms with van der Waals surface area (Å²) in [4.78, 5) is 0. The average Bonchev–Trinajstić information content (AvgIpc) is 2.19. The number of rotatable bonds is 6. The first-order valence-electron chi connectivity index (χ1n) is 5.21. The summed E-state index contributed by atoms with van der Waals surface area (Å²) in [5.74, 6) is 0.830. The number of piperidine rings is 1. The van der Waals surface area contributed by atoms with Gasteiger partial charge in [0.2, 0.25) is 0 Å². The summed E-state index contributed by atoms with van der Waals surface area (Å²) in [7, 11) is 1.70. The second-order valence-electron chi connectivity index (χ2n) is 3.61. The fourth-order valence-electron chi connectivity index (χ4n) is 1.66. The van der Waals surface area contributed by atoms with Crippen LogP contribution >= 0.6 is 0 Å². The molecule has 1 atom stereocenters. The monoisotopic (exact) mass is 187 g/mol. The highest BCUT2D eigenvalue weighted by Crippen LogP contribution is 2.13. The quantitative estimate of drug-likeness (QED) is 0.630. The van der Waals surface area contributed by atoms with Crippen molar-refractivity contribution < 1.29 is 9.47 Å². The molecule has 0 saturated carbocycles. The van der Waals surface area contributed by atoms with Gasteiger partial charge in [0.1, 0.15) is 0 Å². The SMILES string of the molecule is COCCOCC[C@@H]1CCCNC1. The molecule has 0 radical (unpaired) electrons. The van der Waals surface area contributed by atoms with Crippen LogP contribution in [0.4, 0.5) is 0 Å². The van der Waals surface area contributed by atoms with Crippen molar-refractivity contribution in [1.29, 1.82) is 0 Å². The Morgan fingerprint density at radius 1 is 1.31 bits per heavy atom. The molecule has 1 fully saturated rings. The molecular weight excluding hydrogens is 166 g/mol. The molecule has 1 aliphatic rings. The number of methoxy groups -OCH3 is 1. The van der Waals surface area contributed by atoms with E-state index in [0.29, 0.717) is 6.61 Å². The molecule has 0 amide bonds. The van der Waals surface area contributed by atoms with Crippen molar-refractivity contribution in [1.82, 2.24) is 5.32 Å². The van der Waals surface area contributed by atoms with Gasteiger partial charge in [0.15, 0.2) is 0 Å². The zero-order valence-corrected chi connectivity index (χ0v) is 8.55. The molecule has 78 valence electrons. The fourth-order valence-corrected chi connectivity index (χ4v) is 1.66. The van der Waals surface area contributed by atoms with Crippen molar-refractivity contribution in [2.45, 2.75) is 19.3 Å². The van der Waals surface area contributed by atoms with E-state index in [4.69, 9.17) is 9.47 Å². The van der Waals surface area contributed by atoms with E-state index in [9.17, 15) is 0 Å². The predicted molar refractivity (Wildman–Crippen MR) is 52.9 cm³/mol. The Hall–Kier alpha value is -0.120. The van der Waals surface area contributed by atoms with Crippen molar-refractivity contribution >= 4 is 0 Å². The summed E-state index contributed by atoms with van der Waals surface area (Å²) in [6.07, 6.45) is 3.88. The van der Waals surface area contributed by atoms with Crippen molar-refractivity contribution in [3.8, 4) is 0 Å². The molecule has 0 unspecified atom stereocenters. The molecule has 0 spiro atoms. The van der Waals surface area contributed by atoms with E-state index in [1.54, 1.807) is 7.11 Å². The first kappa shape index (κ1) is 11.0. The molecule has 1 saturated heterocycles. The lowest BCUT2D eigenvalue weighted by Crippen LogP contribution is -2.30. The van der Waals surface area contributed by atoms with Crippen LogP contribution in [0.5, 0.6) is 0 Å². The highest BCUT2D eigenvalue weighted by molar-refractivity contribution is 4.68. The van der Waals surface area contributed by atoms with Gasteiger partial charge in [-0.1, -0.05) is 0 Å². The molecule has 0 aromatic carbocycles. The molecule has 0 aliphatic carbocycles. The van der Waals surface area contributed by atoms with E-state index >= 15 is 0 Å². The Kier molecular flexibility index (Phi) is 6.15. The van der Waals surface area contributed by atoms with Gasteiger partial charge in [0, 0.05) is 13.7 Å². The van der Waals surface area contributed by atoms with Crippen LogP contribution in [-0.4, -0.2) is 40.0 Å². The van der Waals surface area contributed by atoms with E-state index in [-0.39, 0.29) is 0 Å². The summed E-state index contributed by atoms with van der Waals surface area (Å²) < 4.78 is 10.3. The second kappa shape index (κ2) is 7.30. The van der Waals surface area contributed by atoms with E-state index in [0.717, 1.165) is 19.1 Å². The average molecular weight is 187 g/mol. The maximum atomic E-state index is 5.42. The molecule has 13 heavy (non-hydrogen) atoms. The zero-order chi connectivity index (χ0) is 9.36. The van der Waals surface area contributed by atoms with Gasteiger partial charge in [-0.15, -0.1) is 0 Å². The van der Waals surface area contributed by atoms with Crippen molar-refractivity contribution in [3.05, 3.63) is 0 Å². The first-order chi connectivity index (χ1) is 6.43. The number of hydrogen-bond donors (Lipinski definition) is 1. The van der Waals surface area contributed by atoms with E-state index in [2.05, 4.69) is 5.32 Å². The molecule has 1 N–H and O–H groups in total. The topological polar surface area (TPSA) is 30.5 Å². The van der Waals surface area contributed by atoms with E-state index < -0.39 is 0 Å². The second-order valence-corrected chi connectivity index (χ2v) is 3.61. The normalized spacial score (nSPS) is 23.3. The van der Waals surface area contributed by atoms with Gasteiger partial charge in [0.05, 0.1) is 13.2 Å². The third kappa shape index (κ3) is 5.24. The van der Waals surface area contributed by atoms with Gasteiger partial charge in [-0.25, -0.2) is 0 Å². The van der Waals surface area contributed by atoms with Crippen LogP contribution in [0.1, 0.15) is 19.3 Å². The van der Waals surface area contributed by atoms with Gasteiger partial charge < -0.3 is 14.8 Å². The van der Waals surface area contributed by atoms with Crippen molar-refractivity contribution in [2.75, 3.05) is 40.0 Å². The Bertz CT molecular complexity index is 113. The Labute approximate surface area is 80.8 Å². The molecule has 0 aromatic heterocycles. The molecule has 0 bridgehead atoms. The van der Waals surface area contributed by atoms with Crippen LogP contribution in [0, 0.1) is 5.92 Å². The minimum Gasteiger partial charge on any atom is -0.382 e. The molecule has 1 aliphatic heterocycles. The number of ether oxygens (including phenoxy) is 2. The third-order valence-corrected chi connectivity index (χ3v) is 2.50. The first-order valence-corrected chi connectivity index (χ1v) is 5.21. The van der Waals surface area contributed by atoms with Gasteiger partial charge in [-0.2, -0.15) is 0 Å². The predicted octanol–water partition coefficient (Wildman–Crippen LogP) is 1.04. The van der Waals surface area contributed by atoms with Gasteiger partial charge in [-0.3, -0.25) is 0 Å². The highest BCUT2D eigenvalue weighted by atomic mass is 16.5. The maximum Gasteiger partial charge on any atom is 0.0700 e. The molecular formula is C10H21NO2. The standard InChI is InChI=1S/C10H21NO2/c1-12-7-8-13-6-4-10-3-2-5-11-9-10/h10-11H,2-9H2,1H3/t10-/m0/s1. The van der Waals surface area contributed by atoms with Crippen LogP contribution in [0.3, 0.4) is 0 Å². The minimum atomic E-state index is 0.711. The Morgan fingerprint density at radius 2 is 2.23 bits per heavy atom. The van der Waals surface area contributed by atoms with Crippen LogP contribution in [0.2, 0.25) is 0 Å².